The van der Waals surface area contributed by atoms with Crippen molar-refractivity contribution in [1.82, 2.24) is 15.5 Å². The first-order chi connectivity index (χ1) is 13.0. The van der Waals surface area contributed by atoms with Crippen LogP contribution in [0, 0.1) is 5.82 Å². The summed E-state index contributed by atoms with van der Waals surface area (Å²) < 4.78 is 28.6. The fourth-order valence-electron chi connectivity index (χ4n) is 2.49. The zero-order chi connectivity index (χ0) is 19.4. The highest BCUT2D eigenvalue weighted by molar-refractivity contribution is 5.90. The van der Waals surface area contributed by atoms with E-state index in [0.29, 0.717) is 17.1 Å². The lowest BCUT2D eigenvalue weighted by molar-refractivity contribution is 0.0926. The number of hydrogen-bond acceptors (Lipinski definition) is 6. The Morgan fingerprint density at radius 3 is 2.48 bits per heavy atom. The molecule has 0 saturated heterocycles. The molecule has 0 radical (unpaired) electrons. The van der Waals surface area contributed by atoms with Crippen LogP contribution in [-0.2, 0) is 0 Å². The van der Waals surface area contributed by atoms with Crippen molar-refractivity contribution in [2.75, 3.05) is 14.2 Å². The number of carbonyl (C=O) groups excluding carboxylic acids is 1. The minimum absolute atomic E-state index is 0.110. The van der Waals surface area contributed by atoms with Gasteiger partial charge in [-0.15, -0.1) is 0 Å². The smallest absolute Gasteiger partial charge is 0.293 e. The van der Waals surface area contributed by atoms with Crippen LogP contribution in [0.25, 0.3) is 11.5 Å². The third-order valence-corrected chi connectivity index (χ3v) is 3.98. The predicted molar refractivity (Wildman–Crippen MR) is 95.1 cm³/mol. The summed E-state index contributed by atoms with van der Waals surface area (Å²) in [5.41, 5.74) is 1.35. The third-order valence-electron chi connectivity index (χ3n) is 3.98. The van der Waals surface area contributed by atoms with E-state index in [1.54, 1.807) is 26.4 Å². The Labute approximate surface area is 155 Å². The first-order valence-corrected chi connectivity index (χ1v) is 8.14. The van der Waals surface area contributed by atoms with Gasteiger partial charge in [0.05, 0.1) is 20.3 Å². The van der Waals surface area contributed by atoms with E-state index < -0.39 is 5.91 Å². The first kappa shape index (κ1) is 18.4. The molecule has 1 amide bonds. The molecule has 3 rings (SSSR count). The van der Waals surface area contributed by atoms with Crippen molar-refractivity contribution in [2.24, 2.45) is 0 Å². The Kier molecular flexibility index (Phi) is 5.35. The van der Waals surface area contributed by atoms with Crippen molar-refractivity contribution < 1.29 is 23.2 Å². The Hall–Kier alpha value is -3.42. The van der Waals surface area contributed by atoms with Gasteiger partial charge >= 0.3 is 0 Å². The summed E-state index contributed by atoms with van der Waals surface area (Å²) in [6.07, 6.45) is 0. The Morgan fingerprint density at radius 2 is 1.81 bits per heavy atom. The SMILES string of the molecule is COc1ccc(C(C)NC(=O)c2noc(-c3ccc(F)cc3)n2)cc1OC. The molecule has 0 spiro atoms. The Bertz CT molecular complexity index is 940. The third kappa shape index (κ3) is 4.05. The van der Waals surface area contributed by atoms with E-state index in [9.17, 15) is 9.18 Å². The maximum atomic E-state index is 13.0. The lowest BCUT2D eigenvalue weighted by Crippen LogP contribution is -2.27. The molecule has 1 aromatic heterocycles. The average Bonchev–Trinajstić information content (AvgIpc) is 3.18. The lowest BCUT2D eigenvalue weighted by Gasteiger charge is -2.15. The number of methoxy groups -OCH3 is 2. The summed E-state index contributed by atoms with van der Waals surface area (Å²) in [6, 6.07) is 10.6. The minimum Gasteiger partial charge on any atom is -0.493 e. The van der Waals surface area contributed by atoms with Crippen LogP contribution in [0.15, 0.2) is 47.0 Å². The zero-order valence-corrected chi connectivity index (χ0v) is 15.0. The number of benzene rings is 2. The van der Waals surface area contributed by atoms with Gasteiger partial charge in [-0.05, 0) is 48.9 Å². The van der Waals surface area contributed by atoms with Gasteiger partial charge in [0, 0.05) is 5.56 Å². The first-order valence-electron chi connectivity index (χ1n) is 8.14. The van der Waals surface area contributed by atoms with Gasteiger partial charge in [0.2, 0.25) is 0 Å². The van der Waals surface area contributed by atoms with Crippen molar-refractivity contribution in [2.45, 2.75) is 13.0 Å². The molecule has 1 atom stereocenters. The molecule has 8 heteroatoms. The lowest BCUT2D eigenvalue weighted by atomic mass is 10.1. The van der Waals surface area contributed by atoms with Gasteiger partial charge in [0.25, 0.3) is 17.6 Å². The second kappa shape index (κ2) is 7.86. The largest absolute Gasteiger partial charge is 0.493 e. The van der Waals surface area contributed by atoms with Crippen LogP contribution in [0.2, 0.25) is 0 Å². The molecule has 0 aliphatic rings. The molecule has 1 heterocycles. The number of halogens is 1. The van der Waals surface area contributed by atoms with Crippen molar-refractivity contribution in [3.05, 3.63) is 59.7 Å². The van der Waals surface area contributed by atoms with Gasteiger partial charge in [0.1, 0.15) is 5.82 Å². The molecule has 27 heavy (non-hydrogen) atoms. The van der Waals surface area contributed by atoms with Crippen LogP contribution in [0.1, 0.15) is 29.1 Å². The summed E-state index contributed by atoms with van der Waals surface area (Å²) in [7, 11) is 3.10. The summed E-state index contributed by atoms with van der Waals surface area (Å²) >= 11 is 0. The highest BCUT2D eigenvalue weighted by Crippen LogP contribution is 2.30. The maximum absolute atomic E-state index is 13.0. The van der Waals surface area contributed by atoms with Crippen LogP contribution in [0.3, 0.4) is 0 Å². The number of rotatable bonds is 6. The predicted octanol–water partition coefficient (Wildman–Crippen LogP) is 3.38. The van der Waals surface area contributed by atoms with Crippen molar-refractivity contribution in [1.29, 1.82) is 0 Å². The quantitative estimate of drug-likeness (QED) is 0.715. The fraction of sp³-hybridized carbons (Fsp3) is 0.211. The Balaban J connectivity index is 1.73. The summed E-state index contributed by atoms with van der Waals surface area (Å²) in [4.78, 5) is 16.5. The molecule has 0 bridgehead atoms. The number of nitrogens with one attached hydrogen (secondary N) is 1. The number of amides is 1. The molecule has 0 saturated carbocycles. The van der Waals surface area contributed by atoms with Gasteiger partial charge in [-0.1, -0.05) is 11.2 Å². The van der Waals surface area contributed by atoms with Crippen molar-refractivity contribution >= 4 is 5.91 Å². The molecule has 1 N–H and O–H groups in total. The van der Waals surface area contributed by atoms with E-state index in [1.807, 2.05) is 13.0 Å². The molecule has 1 unspecified atom stereocenters. The molecule has 7 nitrogen and oxygen atoms in total. The number of aromatic nitrogens is 2. The number of carbonyl (C=O) groups is 1. The molecular weight excluding hydrogens is 353 g/mol. The monoisotopic (exact) mass is 371 g/mol. The molecule has 3 aromatic rings. The van der Waals surface area contributed by atoms with E-state index in [-0.39, 0.29) is 23.6 Å². The van der Waals surface area contributed by atoms with Gasteiger partial charge in [-0.3, -0.25) is 4.79 Å². The normalized spacial score (nSPS) is 11.7. The molecule has 0 aliphatic heterocycles. The Morgan fingerprint density at radius 1 is 1.11 bits per heavy atom. The van der Waals surface area contributed by atoms with E-state index in [4.69, 9.17) is 14.0 Å². The summed E-state index contributed by atoms with van der Waals surface area (Å²) in [5, 5.41) is 6.48. The molecule has 0 fully saturated rings. The minimum atomic E-state index is -0.491. The number of nitrogens with zero attached hydrogens (tertiary/aromatic N) is 2. The maximum Gasteiger partial charge on any atom is 0.293 e. The number of hydrogen-bond donors (Lipinski definition) is 1. The second-order valence-electron chi connectivity index (χ2n) is 5.74. The highest BCUT2D eigenvalue weighted by atomic mass is 19.1. The van der Waals surface area contributed by atoms with Gasteiger partial charge < -0.3 is 19.3 Å². The second-order valence-corrected chi connectivity index (χ2v) is 5.74. The highest BCUT2D eigenvalue weighted by Gasteiger charge is 2.19. The van der Waals surface area contributed by atoms with Crippen LogP contribution in [-0.4, -0.2) is 30.3 Å². The van der Waals surface area contributed by atoms with Gasteiger partial charge in [-0.25, -0.2) is 4.39 Å². The van der Waals surface area contributed by atoms with Crippen LogP contribution < -0.4 is 14.8 Å². The van der Waals surface area contributed by atoms with Crippen LogP contribution in [0.4, 0.5) is 4.39 Å². The van der Waals surface area contributed by atoms with Gasteiger partial charge in [0.15, 0.2) is 11.5 Å². The molecule has 0 aliphatic carbocycles. The standard InChI is InChI=1S/C19H18FN3O4/c1-11(13-6-9-15(25-2)16(10-13)26-3)21-18(24)17-22-19(27-23-17)12-4-7-14(20)8-5-12/h4-11H,1-3H3,(H,21,24). The van der Waals surface area contributed by atoms with Crippen molar-refractivity contribution in [3.8, 4) is 23.0 Å². The topological polar surface area (TPSA) is 86.5 Å². The fourth-order valence-corrected chi connectivity index (χ4v) is 2.49. The zero-order valence-electron chi connectivity index (χ0n) is 15.0. The van der Waals surface area contributed by atoms with Crippen LogP contribution in [0.5, 0.6) is 11.5 Å². The van der Waals surface area contributed by atoms with Crippen molar-refractivity contribution in [3.63, 3.8) is 0 Å². The molecule has 2 aromatic carbocycles. The van der Waals surface area contributed by atoms with E-state index >= 15 is 0 Å². The van der Waals surface area contributed by atoms with Crippen LogP contribution >= 0.6 is 0 Å². The van der Waals surface area contributed by atoms with E-state index in [0.717, 1.165) is 5.56 Å². The number of ether oxygens (including phenoxy) is 2. The summed E-state index contributed by atoms with van der Waals surface area (Å²) in [6.45, 7) is 1.82. The van der Waals surface area contributed by atoms with Gasteiger partial charge in [-0.2, -0.15) is 4.98 Å². The van der Waals surface area contributed by atoms with E-state index in [1.165, 1.54) is 24.3 Å². The molecular formula is C19H18FN3O4. The summed E-state index contributed by atoms with van der Waals surface area (Å²) in [5.74, 6) is 0.325. The molecule has 140 valence electrons. The van der Waals surface area contributed by atoms with E-state index in [2.05, 4.69) is 15.5 Å². The average molecular weight is 371 g/mol.